The first-order valence-corrected chi connectivity index (χ1v) is 8.68. The highest BCUT2D eigenvalue weighted by Gasteiger charge is 2.16. The molecule has 2 aromatic rings. The predicted octanol–water partition coefficient (Wildman–Crippen LogP) is 3.64. The van der Waals surface area contributed by atoms with Gasteiger partial charge in [0.2, 0.25) is 5.96 Å². The van der Waals surface area contributed by atoms with Crippen LogP contribution in [-0.4, -0.2) is 17.4 Å². The summed E-state index contributed by atoms with van der Waals surface area (Å²) in [5.74, 6) is 1.30. The molecule has 118 valence electrons. The number of hydrogen-bond donors (Lipinski definition) is 2. The van der Waals surface area contributed by atoms with Gasteiger partial charge in [0, 0.05) is 27.7 Å². The van der Waals surface area contributed by atoms with Crippen molar-refractivity contribution in [2.75, 3.05) is 5.75 Å². The minimum Gasteiger partial charge on any atom is -0.369 e. The molecule has 0 bridgehead atoms. The number of guanidine groups is 1. The summed E-state index contributed by atoms with van der Waals surface area (Å²) in [4.78, 5) is 5.49. The van der Waals surface area contributed by atoms with Crippen molar-refractivity contribution >= 4 is 35.0 Å². The molecule has 0 fully saturated rings. The lowest BCUT2D eigenvalue weighted by Crippen LogP contribution is -2.29. The van der Waals surface area contributed by atoms with Gasteiger partial charge in [-0.15, -0.1) is 11.8 Å². The summed E-state index contributed by atoms with van der Waals surface area (Å²) in [6.45, 7) is 0.531. The summed E-state index contributed by atoms with van der Waals surface area (Å²) in [5, 5.41) is 5.13. The number of fused-ring (bicyclic) bond motifs is 1. The van der Waals surface area contributed by atoms with Crippen LogP contribution in [0.15, 0.2) is 63.5 Å². The van der Waals surface area contributed by atoms with E-state index in [0.29, 0.717) is 17.5 Å². The molecule has 0 saturated heterocycles. The molecule has 0 atom stereocenters. The molecule has 0 unspecified atom stereocenters. The summed E-state index contributed by atoms with van der Waals surface area (Å²) in [6.07, 6.45) is 0.872. The molecule has 3 rings (SSSR count). The first-order chi connectivity index (χ1) is 11.2. The number of nitrogens with two attached hydrogens (primary N) is 1. The zero-order chi connectivity index (χ0) is 16.1. The molecule has 0 aromatic heterocycles. The van der Waals surface area contributed by atoms with E-state index >= 15 is 0 Å². The first kappa shape index (κ1) is 15.9. The van der Waals surface area contributed by atoms with E-state index in [2.05, 4.69) is 15.5 Å². The van der Waals surface area contributed by atoms with Gasteiger partial charge in [-0.1, -0.05) is 41.9 Å². The lowest BCUT2D eigenvalue weighted by molar-refractivity contribution is 0.948. The highest BCUT2D eigenvalue weighted by Crippen LogP contribution is 2.31. The van der Waals surface area contributed by atoms with Crippen molar-refractivity contribution in [2.45, 2.75) is 17.9 Å². The largest absolute Gasteiger partial charge is 0.369 e. The topological polar surface area (TPSA) is 62.8 Å². The molecule has 6 heteroatoms. The number of aliphatic imine (C=N–C) groups is 1. The smallest absolute Gasteiger partial charge is 0.209 e. The van der Waals surface area contributed by atoms with Gasteiger partial charge >= 0.3 is 0 Å². The molecule has 0 spiro atoms. The quantitative estimate of drug-likeness (QED) is 0.507. The average Bonchev–Trinajstić information content (AvgIpc) is 2.59. The van der Waals surface area contributed by atoms with Crippen molar-refractivity contribution < 1.29 is 0 Å². The summed E-state index contributed by atoms with van der Waals surface area (Å²) in [6, 6.07) is 15.8. The van der Waals surface area contributed by atoms with E-state index in [1.165, 1.54) is 4.90 Å². The van der Waals surface area contributed by atoms with Crippen LogP contribution in [0.25, 0.3) is 0 Å². The zero-order valence-corrected chi connectivity index (χ0v) is 14.1. The molecule has 0 aliphatic carbocycles. The van der Waals surface area contributed by atoms with Crippen LogP contribution in [0.1, 0.15) is 17.5 Å². The van der Waals surface area contributed by atoms with Gasteiger partial charge in [0.25, 0.3) is 0 Å². The molecule has 1 aliphatic heterocycles. The molecular weight excluding hydrogens is 328 g/mol. The van der Waals surface area contributed by atoms with E-state index in [1.54, 1.807) is 0 Å². The molecule has 1 heterocycles. The van der Waals surface area contributed by atoms with Gasteiger partial charge in [-0.2, -0.15) is 5.10 Å². The minimum atomic E-state index is 0.308. The predicted molar refractivity (Wildman–Crippen MR) is 98.2 cm³/mol. The van der Waals surface area contributed by atoms with Gasteiger partial charge in [0.05, 0.1) is 12.3 Å². The van der Waals surface area contributed by atoms with Crippen LogP contribution in [0.4, 0.5) is 0 Å². The van der Waals surface area contributed by atoms with Gasteiger partial charge in [-0.3, -0.25) is 0 Å². The Balaban J connectivity index is 1.70. The number of hydrogen-bond acceptors (Lipinski definition) is 3. The third kappa shape index (κ3) is 4.27. The second-order valence-electron chi connectivity index (χ2n) is 5.10. The van der Waals surface area contributed by atoms with E-state index < -0.39 is 0 Å². The highest BCUT2D eigenvalue weighted by molar-refractivity contribution is 7.99. The number of thioether (sulfide) groups is 1. The maximum Gasteiger partial charge on any atom is 0.209 e. The lowest BCUT2D eigenvalue weighted by atomic mass is 10.1. The minimum absolute atomic E-state index is 0.308. The van der Waals surface area contributed by atoms with Crippen molar-refractivity contribution in [1.82, 2.24) is 5.43 Å². The number of hydrazone groups is 1. The second-order valence-corrected chi connectivity index (χ2v) is 6.67. The third-order valence-electron chi connectivity index (χ3n) is 3.43. The summed E-state index contributed by atoms with van der Waals surface area (Å²) < 4.78 is 0. The Hall–Kier alpha value is -1.98. The fourth-order valence-corrected chi connectivity index (χ4v) is 3.47. The first-order valence-electron chi connectivity index (χ1n) is 7.31. The Morgan fingerprint density at radius 2 is 2.04 bits per heavy atom. The van der Waals surface area contributed by atoms with Crippen LogP contribution in [0.2, 0.25) is 5.02 Å². The van der Waals surface area contributed by atoms with E-state index in [0.717, 1.165) is 29.0 Å². The molecule has 0 amide bonds. The van der Waals surface area contributed by atoms with Crippen LogP contribution in [0, 0.1) is 0 Å². The highest BCUT2D eigenvalue weighted by atomic mass is 35.5. The van der Waals surface area contributed by atoms with Crippen molar-refractivity contribution in [3.63, 3.8) is 0 Å². The molecule has 3 N–H and O–H groups in total. The molecule has 23 heavy (non-hydrogen) atoms. The average molecular weight is 345 g/mol. The van der Waals surface area contributed by atoms with Gasteiger partial charge in [-0.25, -0.2) is 10.4 Å². The van der Waals surface area contributed by atoms with Crippen molar-refractivity contribution in [1.29, 1.82) is 0 Å². The Morgan fingerprint density at radius 1 is 1.22 bits per heavy atom. The summed E-state index contributed by atoms with van der Waals surface area (Å²) in [7, 11) is 0. The fourth-order valence-electron chi connectivity index (χ4n) is 2.28. The third-order valence-corrected chi connectivity index (χ3v) is 4.74. The molecule has 0 radical (unpaired) electrons. The van der Waals surface area contributed by atoms with E-state index in [9.17, 15) is 0 Å². The van der Waals surface area contributed by atoms with E-state index in [1.807, 2.05) is 60.3 Å². The SMILES string of the molecule is NC(=NCc1ccccc1)N/N=C1/CCSc2ccc(Cl)cc21. The van der Waals surface area contributed by atoms with Crippen molar-refractivity contribution in [3.8, 4) is 0 Å². The van der Waals surface area contributed by atoms with Gasteiger partial charge < -0.3 is 5.73 Å². The van der Waals surface area contributed by atoms with Crippen LogP contribution in [0.3, 0.4) is 0 Å². The number of benzene rings is 2. The molecule has 4 nitrogen and oxygen atoms in total. The standard InChI is InChI=1S/C17H17ClN4S/c18-13-6-7-16-14(10-13)15(8-9-23-16)21-22-17(19)20-11-12-4-2-1-3-5-12/h1-7,10H,8-9,11H2,(H3,19,20,22)/b21-15-. The van der Waals surface area contributed by atoms with Crippen LogP contribution >= 0.6 is 23.4 Å². The van der Waals surface area contributed by atoms with Crippen LogP contribution in [-0.2, 0) is 6.54 Å². The fraction of sp³-hybridized carbons (Fsp3) is 0.176. The molecule has 0 saturated carbocycles. The summed E-state index contributed by atoms with van der Waals surface area (Å²) >= 11 is 7.90. The van der Waals surface area contributed by atoms with E-state index in [4.69, 9.17) is 17.3 Å². The Bertz CT molecular complexity index is 744. The lowest BCUT2D eigenvalue weighted by Gasteiger charge is -2.17. The second kappa shape index (κ2) is 7.53. The molecule has 1 aliphatic rings. The number of nitrogens with one attached hydrogen (secondary N) is 1. The Kier molecular flexibility index (Phi) is 5.20. The van der Waals surface area contributed by atoms with Crippen molar-refractivity contribution in [2.24, 2.45) is 15.8 Å². The maximum atomic E-state index is 6.09. The normalized spacial score (nSPS) is 16.2. The van der Waals surface area contributed by atoms with E-state index in [-0.39, 0.29) is 0 Å². The molecular formula is C17H17ClN4S. The Morgan fingerprint density at radius 3 is 2.87 bits per heavy atom. The van der Waals surface area contributed by atoms with Gasteiger partial charge in [0.15, 0.2) is 0 Å². The van der Waals surface area contributed by atoms with Gasteiger partial charge in [0.1, 0.15) is 0 Å². The van der Waals surface area contributed by atoms with Crippen LogP contribution < -0.4 is 11.2 Å². The van der Waals surface area contributed by atoms with Gasteiger partial charge in [-0.05, 0) is 23.8 Å². The number of rotatable bonds is 3. The van der Waals surface area contributed by atoms with Crippen molar-refractivity contribution in [3.05, 3.63) is 64.7 Å². The molecule has 2 aromatic carbocycles. The Labute approximate surface area is 144 Å². The maximum absolute atomic E-state index is 6.09. The summed E-state index contributed by atoms with van der Waals surface area (Å²) in [5.41, 5.74) is 11.9. The number of nitrogens with zero attached hydrogens (tertiary/aromatic N) is 2. The number of halogens is 1. The zero-order valence-electron chi connectivity index (χ0n) is 12.5. The van der Waals surface area contributed by atoms with Crippen LogP contribution in [0.5, 0.6) is 0 Å². The monoisotopic (exact) mass is 344 g/mol.